The van der Waals surface area contributed by atoms with Crippen molar-refractivity contribution in [2.45, 2.75) is 0 Å². The SMILES string of the molecule is NNC(=O)c1cc(C(=O)NN)cc([Si](c2ccccc2)(c2ccccc2)c2ccccc2)c1. The molecule has 0 aliphatic carbocycles. The standard InChI is InChI=1S/C26H24N4O2Si/c27-29-25(31)19-16-20(26(32)30-28)18-24(17-19)33(21-10-4-1-5-11-21,22-12-6-2-7-13-22)23-14-8-3-9-15-23/h1-18H,27-28H2,(H,29,31)(H,30,32). The fourth-order valence-corrected chi connectivity index (χ4v) is 9.16. The highest BCUT2D eigenvalue weighted by atomic mass is 28.3. The molecule has 6 nitrogen and oxygen atoms in total. The third-order valence-corrected chi connectivity index (χ3v) is 10.5. The van der Waals surface area contributed by atoms with Gasteiger partial charge in [0, 0.05) is 11.1 Å². The lowest BCUT2D eigenvalue weighted by molar-refractivity contribution is 0.0953. The molecule has 0 heterocycles. The molecule has 4 aromatic rings. The van der Waals surface area contributed by atoms with Gasteiger partial charge in [-0.15, -0.1) is 0 Å². The minimum Gasteiger partial charge on any atom is -0.290 e. The Morgan fingerprint density at radius 1 is 0.515 bits per heavy atom. The molecule has 0 saturated heterocycles. The van der Waals surface area contributed by atoms with Crippen LogP contribution in [0.1, 0.15) is 20.7 Å². The van der Waals surface area contributed by atoms with Crippen LogP contribution in [-0.2, 0) is 0 Å². The van der Waals surface area contributed by atoms with Gasteiger partial charge in [0.2, 0.25) is 0 Å². The molecule has 0 radical (unpaired) electrons. The second-order valence-electron chi connectivity index (χ2n) is 7.59. The minimum atomic E-state index is -2.92. The van der Waals surface area contributed by atoms with Gasteiger partial charge in [0.15, 0.2) is 8.07 Å². The molecule has 0 saturated carbocycles. The van der Waals surface area contributed by atoms with Gasteiger partial charge in [-0.05, 0) is 38.9 Å². The number of hydrogen-bond donors (Lipinski definition) is 4. The first kappa shape index (κ1) is 22.2. The Bertz CT molecular complexity index is 1130. The van der Waals surface area contributed by atoms with E-state index >= 15 is 0 Å². The topological polar surface area (TPSA) is 110 Å². The number of nitrogens with two attached hydrogens (primary N) is 2. The number of amides is 2. The third-order valence-electron chi connectivity index (χ3n) is 5.77. The van der Waals surface area contributed by atoms with Crippen molar-refractivity contribution in [3.63, 3.8) is 0 Å². The molecule has 7 heteroatoms. The highest BCUT2D eigenvalue weighted by Crippen LogP contribution is 2.13. The molecule has 4 rings (SSSR count). The van der Waals surface area contributed by atoms with Crippen LogP contribution in [0, 0.1) is 0 Å². The Kier molecular flexibility index (Phi) is 6.46. The van der Waals surface area contributed by atoms with Gasteiger partial charge in [0.1, 0.15) is 0 Å². The summed E-state index contributed by atoms with van der Waals surface area (Å²) in [6.07, 6.45) is 0. The van der Waals surface area contributed by atoms with Crippen LogP contribution in [0.5, 0.6) is 0 Å². The van der Waals surface area contributed by atoms with Gasteiger partial charge < -0.3 is 0 Å². The normalized spacial score (nSPS) is 11.0. The zero-order chi connectivity index (χ0) is 23.3. The second kappa shape index (κ2) is 9.62. The number of rotatable bonds is 6. The summed E-state index contributed by atoms with van der Waals surface area (Å²) in [5.74, 6) is 9.91. The summed E-state index contributed by atoms with van der Waals surface area (Å²) in [5.41, 5.74) is 4.92. The average molecular weight is 453 g/mol. The number of carbonyl (C=O) groups is 2. The Labute approximate surface area is 193 Å². The highest BCUT2D eigenvalue weighted by Gasteiger charge is 2.42. The van der Waals surface area contributed by atoms with Crippen molar-refractivity contribution in [2.24, 2.45) is 11.7 Å². The molecule has 33 heavy (non-hydrogen) atoms. The van der Waals surface area contributed by atoms with Crippen LogP contribution in [0.2, 0.25) is 0 Å². The van der Waals surface area contributed by atoms with E-state index in [0.717, 1.165) is 20.7 Å². The summed E-state index contributed by atoms with van der Waals surface area (Å²) in [4.78, 5) is 25.2. The number of nitrogen functional groups attached to an aromatic ring is 2. The van der Waals surface area contributed by atoms with Crippen LogP contribution in [0.25, 0.3) is 0 Å². The molecule has 0 aliphatic rings. The molecular weight excluding hydrogens is 428 g/mol. The Balaban J connectivity index is 2.17. The molecule has 0 atom stereocenters. The van der Waals surface area contributed by atoms with Crippen molar-refractivity contribution in [1.82, 2.24) is 10.9 Å². The van der Waals surface area contributed by atoms with E-state index < -0.39 is 19.9 Å². The molecule has 6 N–H and O–H groups in total. The summed E-state index contributed by atoms with van der Waals surface area (Å²) < 4.78 is 0. The number of hydrazine groups is 2. The summed E-state index contributed by atoms with van der Waals surface area (Å²) in [6.45, 7) is 0. The molecule has 164 valence electrons. The first-order valence-electron chi connectivity index (χ1n) is 10.4. The van der Waals surface area contributed by atoms with E-state index in [0.29, 0.717) is 0 Å². The van der Waals surface area contributed by atoms with E-state index in [9.17, 15) is 9.59 Å². The fraction of sp³-hybridized carbons (Fsp3) is 0. The van der Waals surface area contributed by atoms with Crippen molar-refractivity contribution in [3.8, 4) is 0 Å². The van der Waals surface area contributed by atoms with Gasteiger partial charge in [-0.1, -0.05) is 91.0 Å². The minimum absolute atomic E-state index is 0.285. The maximum Gasteiger partial charge on any atom is 0.265 e. The monoisotopic (exact) mass is 452 g/mol. The van der Waals surface area contributed by atoms with Crippen LogP contribution < -0.4 is 43.3 Å². The van der Waals surface area contributed by atoms with Crippen molar-refractivity contribution in [2.75, 3.05) is 0 Å². The van der Waals surface area contributed by atoms with E-state index in [2.05, 4.69) is 47.2 Å². The van der Waals surface area contributed by atoms with Crippen LogP contribution in [-0.4, -0.2) is 19.9 Å². The van der Waals surface area contributed by atoms with Crippen molar-refractivity contribution in [1.29, 1.82) is 0 Å². The number of benzene rings is 4. The Morgan fingerprint density at radius 2 is 0.848 bits per heavy atom. The van der Waals surface area contributed by atoms with Crippen LogP contribution in [0.3, 0.4) is 0 Å². The third kappa shape index (κ3) is 4.08. The van der Waals surface area contributed by atoms with Crippen LogP contribution in [0.4, 0.5) is 0 Å². The van der Waals surface area contributed by atoms with Crippen LogP contribution in [0.15, 0.2) is 109 Å². The molecule has 4 aromatic carbocycles. The van der Waals surface area contributed by atoms with E-state index in [4.69, 9.17) is 11.7 Å². The summed E-state index contributed by atoms with van der Waals surface area (Å²) in [6, 6.07) is 35.7. The number of nitrogens with one attached hydrogen (secondary N) is 2. The first-order valence-corrected chi connectivity index (χ1v) is 12.4. The molecular formula is C26H24N4O2Si. The van der Waals surface area contributed by atoms with E-state index in [1.165, 1.54) is 6.07 Å². The number of hydrogen-bond acceptors (Lipinski definition) is 4. The lowest BCUT2D eigenvalue weighted by Gasteiger charge is -2.35. The van der Waals surface area contributed by atoms with Gasteiger partial charge in [-0.25, -0.2) is 11.7 Å². The Hall–Kier alpha value is -4.04. The molecule has 2 amide bonds. The summed E-state index contributed by atoms with van der Waals surface area (Å²) in [5, 5.41) is 4.22. The van der Waals surface area contributed by atoms with Gasteiger partial charge in [-0.3, -0.25) is 20.4 Å². The van der Waals surface area contributed by atoms with Gasteiger partial charge >= 0.3 is 0 Å². The molecule has 0 aliphatic heterocycles. The maximum atomic E-state index is 12.6. The fourth-order valence-electron chi connectivity index (χ4n) is 4.34. The molecule has 0 aromatic heterocycles. The zero-order valence-corrected chi connectivity index (χ0v) is 18.9. The molecule has 0 unspecified atom stereocenters. The largest absolute Gasteiger partial charge is 0.290 e. The lowest BCUT2D eigenvalue weighted by atomic mass is 10.1. The second-order valence-corrected chi connectivity index (χ2v) is 11.4. The van der Waals surface area contributed by atoms with Crippen molar-refractivity contribution < 1.29 is 9.59 Å². The van der Waals surface area contributed by atoms with Crippen molar-refractivity contribution in [3.05, 3.63) is 120 Å². The van der Waals surface area contributed by atoms with Crippen LogP contribution >= 0.6 is 0 Å². The predicted molar refractivity (Wildman–Crippen MR) is 133 cm³/mol. The van der Waals surface area contributed by atoms with E-state index in [1.807, 2.05) is 66.7 Å². The number of carbonyl (C=O) groups excluding carboxylic acids is 2. The lowest BCUT2D eigenvalue weighted by Crippen LogP contribution is -2.75. The molecule has 0 bridgehead atoms. The average Bonchev–Trinajstić information content (AvgIpc) is 2.90. The van der Waals surface area contributed by atoms with Crippen molar-refractivity contribution >= 4 is 40.6 Å². The van der Waals surface area contributed by atoms with E-state index in [1.54, 1.807) is 0 Å². The van der Waals surface area contributed by atoms with Gasteiger partial charge in [0.25, 0.3) is 11.8 Å². The van der Waals surface area contributed by atoms with Gasteiger partial charge in [-0.2, -0.15) is 0 Å². The van der Waals surface area contributed by atoms with E-state index in [-0.39, 0.29) is 11.1 Å². The Morgan fingerprint density at radius 3 is 1.15 bits per heavy atom. The first-order chi connectivity index (χ1) is 16.1. The zero-order valence-electron chi connectivity index (χ0n) is 17.9. The summed E-state index contributed by atoms with van der Waals surface area (Å²) in [7, 11) is -2.92. The maximum absolute atomic E-state index is 12.6. The highest BCUT2D eigenvalue weighted by molar-refractivity contribution is 7.19. The smallest absolute Gasteiger partial charge is 0.265 e. The summed E-state index contributed by atoms with van der Waals surface area (Å²) >= 11 is 0. The predicted octanol–water partition coefficient (Wildman–Crippen LogP) is 0.271. The quantitative estimate of drug-likeness (QED) is 0.111. The molecule has 0 fully saturated rings. The molecule has 0 spiro atoms. The van der Waals surface area contributed by atoms with Gasteiger partial charge in [0.05, 0.1) is 0 Å².